The summed E-state index contributed by atoms with van der Waals surface area (Å²) in [7, 11) is 0. The topological polar surface area (TPSA) is 58.8 Å². The van der Waals surface area contributed by atoms with E-state index in [9.17, 15) is 4.79 Å². The van der Waals surface area contributed by atoms with Gasteiger partial charge in [0.2, 0.25) is 5.91 Å². The standard InChI is InChI=1S/C13H27N3O2/c1-11(9-14)15-5-7-16(8-6-15)12(17)10-18-13(2,3)4/h11H,5-10,14H2,1-4H3. The maximum Gasteiger partial charge on any atom is 0.248 e. The second-order valence-electron chi connectivity index (χ2n) is 5.90. The van der Waals surface area contributed by atoms with Gasteiger partial charge in [0.1, 0.15) is 6.61 Å². The number of rotatable bonds is 4. The molecule has 5 nitrogen and oxygen atoms in total. The molecule has 0 spiro atoms. The van der Waals surface area contributed by atoms with Crippen LogP contribution in [0.1, 0.15) is 27.7 Å². The second kappa shape index (κ2) is 6.50. The average molecular weight is 257 g/mol. The van der Waals surface area contributed by atoms with E-state index >= 15 is 0 Å². The van der Waals surface area contributed by atoms with E-state index < -0.39 is 0 Å². The van der Waals surface area contributed by atoms with Crippen molar-refractivity contribution in [3.63, 3.8) is 0 Å². The molecule has 1 amide bonds. The van der Waals surface area contributed by atoms with E-state index in [0.29, 0.717) is 12.6 Å². The molecule has 1 rings (SSSR count). The van der Waals surface area contributed by atoms with Crippen molar-refractivity contribution in [1.29, 1.82) is 0 Å². The van der Waals surface area contributed by atoms with Gasteiger partial charge in [-0.1, -0.05) is 0 Å². The largest absolute Gasteiger partial charge is 0.366 e. The van der Waals surface area contributed by atoms with Crippen LogP contribution in [0.25, 0.3) is 0 Å². The van der Waals surface area contributed by atoms with Gasteiger partial charge in [0.15, 0.2) is 0 Å². The fraction of sp³-hybridized carbons (Fsp3) is 0.923. The van der Waals surface area contributed by atoms with Crippen LogP contribution in [-0.2, 0) is 9.53 Å². The van der Waals surface area contributed by atoms with E-state index in [0.717, 1.165) is 26.2 Å². The normalized spacial score (nSPS) is 19.9. The van der Waals surface area contributed by atoms with Gasteiger partial charge in [-0.05, 0) is 27.7 Å². The highest BCUT2D eigenvalue weighted by molar-refractivity contribution is 5.77. The van der Waals surface area contributed by atoms with Gasteiger partial charge in [-0.15, -0.1) is 0 Å². The number of hydrogen-bond donors (Lipinski definition) is 1. The van der Waals surface area contributed by atoms with E-state index in [1.807, 2.05) is 25.7 Å². The molecule has 1 atom stereocenters. The molecular weight excluding hydrogens is 230 g/mol. The maximum atomic E-state index is 11.9. The molecule has 5 heteroatoms. The SMILES string of the molecule is CC(CN)N1CCN(C(=O)COC(C)(C)C)CC1. The van der Waals surface area contributed by atoms with Crippen LogP contribution in [0.3, 0.4) is 0 Å². The Morgan fingerprint density at radius 3 is 2.28 bits per heavy atom. The minimum absolute atomic E-state index is 0.0879. The summed E-state index contributed by atoms with van der Waals surface area (Å²) >= 11 is 0. The third-order valence-corrected chi connectivity index (χ3v) is 3.26. The molecule has 0 radical (unpaired) electrons. The Morgan fingerprint density at radius 2 is 1.83 bits per heavy atom. The first-order valence-corrected chi connectivity index (χ1v) is 6.69. The Hall–Kier alpha value is -0.650. The first-order valence-electron chi connectivity index (χ1n) is 6.69. The first kappa shape index (κ1) is 15.4. The van der Waals surface area contributed by atoms with Crippen molar-refractivity contribution in [1.82, 2.24) is 9.80 Å². The summed E-state index contributed by atoms with van der Waals surface area (Å²) in [4.78, 5) is 16.2. The molecule has 1 unspecified atom stereocenters. The predicted molar refractivity (Wildman–Crippen MR) is 72.4 cm³/mol. The molecule has 1 aliphatic rings. The Labute approximate surface area is 110 Å². The third kappa shape index (κ3) is 4.92. The second-order valence-corrected chi connectivity index (χ2v) is 5.90. The highest BCUT2D eigenvalue weighted by atomic mass is 16.5. The number of carbonyl (C=O) groups excluding carboxylic acids is 1. The molecule has 0 saturated carbocycles. The summed E-state index contributed by atoms with van der Waals surface area (Å²) in [6.07, 6.45) is 0. The molecule has 0 aromatic heterocycles. The van der Waals surface area contributed by atoms with Gasteiger partial charge in [-0.2, -0.15) is 0 Å². The summed E-state index contributed by atoms with van der Waals surface area (Å²) < 4.78 is 5.51. The minimum Gasteiger partial charge on any atom is -0.366 e. The van der Waals surface area contributed by atoms with Gasteiger partial charge in [-0.3, -0.25) is 9.69 Å². The molecule has 2 N–H and O–H groups in total. The summed E-state index contributed by atoms with van der Waals surface area (Å²) in [5.41, 5.74) is 5.39. The van der Waals surface area contributed by atoms with Gasteiger partial charge < -0.3 is 15.4 Å². The monoisotopic (exact) mass is 257 g/mol. The number of amides is 1. The molecule has 0 aromatic carbocycles. The number of nitrogens with two attached hydrogens (primary N) is 1. The average Bonchev–Trinajstić information content (AvgIpc) is 2.34. The lowest BCUT2D eigenvalue weighted by atomic mass is 10.2. The molecule has 1 aliphatic heterocycles. The molecule has 18 heavy (non-hydrogen) atoms. The van der Waals surface area contributed by atoms with Crippen LogP contribution in [0.15, 0.2) is 0 Å². The summed E-state index contributed by atoms with van der Waals surface area (Å²) in [6.45, 7) is 12.2. The zero-order chi connectivity index (χ0) is 13.8. The summed E-state index contributed by atoms with van der Waals surface area (Å²) in [5.74, 6) is 0.0879. The van der Waals surface area contributed by atoms with Crippen LogP contribution in [0.5, 0.6) is 0 Å². The van der Waals surface area contributed by atoms with Crippen molar-refractivity contribution in [2.24, 2.45) is 5.73 Å². The van der Waals surface area contributed by atoms with Gasteiger partial charge >= 0.3 is 0 Å². The van der Waals surface area contributed by atoms with Gasteiger partial charge in [0.05, 0.1) is 5.60 Å². The van der Waals surface area contributed by atoms with E-state index in [4.69, 9.17) is 10.5 Å². The van der Waals surface area contributed by atoms with E-state index in [1.54, 1.807) is 0 Å². The quantitative estimate of drug-likeness (QED) is 0.786. The molecule has 106 valence electrons. The molecule has 1 heterocycles. The van der Waals surface area contributed by atoms with E-state index in [-0.39, 0.29) is 18.1 Å². The fourth-order valence-corrected chi connectivity index (χ4v) is 1.93. The van der Waals surface area contributed by atoms with E-state index in [1.165, 1.54) is 0 Å². The van der Waals surface area contributed by atoms with Crippen molar-refractivity contribution < 1.29 is 9.53 Å². The van der Waals surface area contributed by atoms with Crippen molar-refractivity contribution in [3.8, 4) is 0 Å². The first-order chi connectivity index (χ1) is 8.33. The molecule has 0 bridgehead atoms. The zero-order valence-electron chi connectivity index (χ0n) is 12.1. The van der Waals surface area contributed by atoms with Crippen LogP contribution in [-0.4, -0.2) is 66.7 Å². The van der Waals surface area contributed by atoms with Crippen LogP contribution < -0.4 is 5.73 Å². The number of hydrogen-bond acceptors (Lipinski definition) is 4. The summed E-state index contributed by atoms with van der Waals surface area (Å²) in [6, 6.07) is 0.396. The number of piperazine rings is 1. The fourth-order valence-electron chi connectivity index (χ4n) is 1.93. The highest BCUT2D eigenvalue weighted by Crippen LogP contribution is 2.09. The number of nitrogens with zero attached hydrogens (tertiary/aromatic N) is 2. The highest BCUT2D eigenvalue weighted by Gasteiger charge is 2.24. The number of carbonyl (C=O) groups is 1. The molecule has 0 aromatic rings. The Morgan fingerprint density at radius 1 is 1.28 bits per heavy atom. The Balaban J connectivity index is 2.32. The van der Waals surface area contributed by atoms with Crippen LogP contribution in [0, 0.1) is 0 Å². The smallest absolute Gasteiger partial charge is 0.248 e. The van der Waals surface area contributed by atoms with Crippen molar-refractivity contribution in [2.75, 3.05) is 39.3 Å². The lowest BCUT2D eigenvalue weighted by Crippen LogP contribution is -2.53. The van der Waals surface area contributed by atoms with Crippen molar-refractivity contribution in [3.05, 3.63) is 0 Å². The Kier molecular flexibility index (Phi) is 5.56. The Bertz CT molecular complexity index is 268. The van der Waals surface area contributed by atoms with Gasteiger partial charge in [0, 0.05) is 38.8 Å². The molecular formula is C13H27N3O2. The minimum atomic E-state index is -0.258. The van der Waals surface area contributed by atoms with Gasteiger partial charge in [-0.25, -0.2) is 0 Å². The predicted octanol–water partition coefficient (Wildman–Crippen LogP) is 0.293. The number of ether oxygens (including phenoxy) is 1. The molecule has 0 aliphatic carbocycles. The van der Waals surface area contributed by atoms with Crippen LogP contribution in [0.4, 0.5) is 0 Å². The zero-order valence-corrected chi connectivity index (χ0v) is 12.1. The third-order valence-electron chi connectivity index (χ3n) is 3.26. The summed E-state index contributed by atoms with van der Waals surface area (Å²) in [5, 5.41) is 0. The van der Waals surface area contributed by atoms with Gasteiger partial charge in [0.25, 0.3) is 0 Å². The van der Waals surface area contributed by atoms with Crippen LogP contribution >= 0.6 is 0 Å². The lowest BCUT2D eigenvalue weighted by Gasteiger charge is -2.38. The van der Waals surface area contributed by atoms with Crippen LogP contribution in [0.2, 0.25) is 0 Å². The molecule has 1 fully saturated rings. The van der Waals surface area contributed by atoms with E-state index in [2.05, 4.69) is 11.8 Å². The lowest BCUT2D eigenvalue weighted by molar-refractivity contribution is -0.143. The molecule has 1 saturated heterocycles. The maximum absolute atomic E-state index is 11.9. The van der Waals surface area contributed by atoms with Crippen molar-refractivity contribution >= 4 is 5.91 Å². The van der Waals surface area contributed by atoms with Crippen molar-refractivity contribution in [2.45, 2.75) is 39.3 Å².